The van der Waals surface area contributed by atoms with E-state index in [0.29, 0.717) is 24.5 Å². The van der Waals surface area contributed by atoms with Crippen LogP contribution in [0.2, 0.25) is 5.02 Å². The van der Waals surface area contributed by atoms with Crippen molar-refractivity contribution in [3.05, 3.63) is 20.8 Å². The lowest BCUT2D eigenvalue weighted by Crippen LogP contribution is -2.39. The Bertz CT molecular complexity index is 570. The van der Waals surface area contributed by atoms with Crippen molar-refractivity contribution in [2.75, 3.05) is 19.3 Å². The third kappa shape index (κ3) is 3.74. The number of hydrogen-bond acceptors (Lipinski definition) is 4. The Morgan fingerprint density at radius 3 is 2.85 bits per heavy atom. The smallest absolute Gasteiger partial charge is 0.211 e. The van der Waals surface area contributed by atoms with E-state index in [1.807, 2.05) is 12.3 Å². The van der Waals surface area contributed by atoms with Crippen molar-refractivity contribution < 1.29 is 13.5 Å². The van der Waals surface area contributed by atoms with Crippen molar-refractivity contribution >= 4 is 33.0 Å². The Morgan fingerprint density at radius 2 is 2.30 bits per heavy atom. The average molecular weight is 338 g/mol. The molecule has 0 aliphatic carbocycles. The number of aryl methyl sites for hydroxylation is 1. The zero-order chi connectivity index (χ0) is 14.9. The molecule has 0 radical (unpaired) electrons. The van der Waals surface area contributed by atoms with Crippen LogP contribution in [-0.4, -0.2) is 37.2 Å². The number of thiophene rings is 1. The largest absolute Gasteiger partial charge is 0.388 e. The highest BCUT2D eigenvalue weighted by Gasteiger charge is 2.28. The fraction of sp³-hybridized carbons (Fsp3) is 0.692. The van der Waals surface area contributed by atoms with Gasteiger partial charge in [-0.3, -0.25) is 0 Å². The molecule has 1 aliphatic heterocycles. The minimum Gasteiger partial charge on any atom is -0.388 e. The van der Waals surface area contributed by atoms with Crippen LogP contribution in [0, 0.1) is 12.8 Å². The second kappa shape index (κ2) is 6.32. The van der Waals surface area contributed by atoms with Crippen LogP contribution in [0.3, 0.4) is 0 Å². The maximum Gasteiger partial charge on any atom is 0.211 e. The van der Waals surface area contributed by atoms with Gasteiger partial charge in [-0.1, -0.05) is 11.6 Å². The Morgan fingerprint density at radius 1 is 1.60 bits per heavy atom. The lowest BCUT2D eigenvalue weighted by atomic mass is 9.93. The van der Waals surface area contributed by atoms with Crippen molar-refractivity contribution in [2.24, 2.45) is 5.92 Å². The summed E-state index contributed by atoms with van der Waals surface area (Å²) in [7, 11) is -3.14. The van der Waals surface area contributed by atoms with Crippen LogP contribution in [0.4, 0.5) is 0 Å². The molecule has 2 rings (SSSR count). The number of aliphatic hydroxyl groups excluding tert-OH is 1. The van der Waals surface area contributed by atoms with Crippen molar-refractivity contribution in [1.29, 1.82) is 0 Å². The van der Waals surface area contributed by atoms with Gasteiger partial charge in [0.05, 0.1) is 22.3 Å². The van der Waals surface area contributed by atoms with Crippen LogP contribution in [0.25, 0.3) is 0 Å². The molecule has 2 atom stereocenters. The first-order chi connectivity index (χ1) is 9.29. The van der Waals surface area contributed by atoms with E-state index >= 15 is 0 Å². The third-order valence-corrected chi connectivity index (χ3v) is 6.82. The summed E-state index contributed by atoms with van der Waals surface area (Å²) < 4.78 is 24.7. The third-order valence-electron chi connectivity index (χ3n) is 3.74. The Balaban J connectivity index is 2.01. The van der Waals surface area contributed by atoms with E-state index in [1.165, 1.54) is 21.9 Å². The molecule has 114 valence electrons. The molecular formula is C13H20ClNO3S2. The molecular weight excluding hydrogens is 318 g/mol. The molecule has 1 N–H and O–H groups in total. The Hall–Kier alpha value is -0.140. The quantitative estimate of drug-likeness (QED) is 0.919. The highest BCUT2D eigenvalue weighted by Crippen LogP contribution is 2.36. The van der Waals surface area contributed by atoms with Crippen LogP contribution >= 0.6 is 22.9 Å². The number of halogens is 1. The van der Waals surface area contributed by atoms with Gasteiger partial charge in [0.2, 0.25) is 10.0 Å². The van der Waals surface area contributed by atoms with Gasteiger partial charge in [0.1, 0.15) is 0 Å². The molecule has 2 heterocycles. The molecule has 1 saturated heterocycles. The predicted octanol–water partition coefficient (Wildman–Crippen LogP) is 2.81. The SMILES string of the molecule is Cc1csc(C(O)CC2CCCN(S(C)(=O)=O)C2)c1Cl. The number of hydrogen-bond donors (Lipinski definition) is 1. The fourth-order valence-corrected chi connectivity index (χ4v) is 4.88. The van der Waals surface area contributed by atoms with Crippen molar-refractivity contribution in [3.8, 4) is 0 Å². The second-order valence-corrected chi connectivity index (χ2v) is 8.75. The lowest BCUT2D eigenvalue weighted by Gasteiger charge is -2.31. The number of piperidine rings is 1. The number of aliphatic hydroxyl groups is 1. The van der Waals surface area contributed by atoms with Gasteiger partial charge in [0, 0.05) is 13.1 Å². The maximum absolute atomic E-state index is 11.6. The summed E-state index contributed by atoms with van der Waals surface area (Å²) in [6, 6.07) is 0. The van der Waals surface area contributed by atoms with E-state index in [2.05, 4.69) is 0 Å². The first-order valence-electron chi connectivity index (χ1n) is 6.65. The van der Waals surface area contributed by atoms with E-state index in [-0.39, 0.29) is 5.92 Å². The molecule has 20 heavy (non-hydrogen) atoms. The molecule has 7 heteroatoms. The van der Waals surface area contributed by atoms with E-state index in [1.54, 1.807) is 0 Å². The molecule has 1 aliphatic rings. The van der Waals surface area contributed by atoms with E-state index in [4.69, 9.17) is 11.6 Å². The normalized spacial score (nSPS) is 22.9. The second-order valence-electron chi connectivity index (χ2n) is 5.48. The van der Waals surface area contributed by atoms with Crippen LogP contribution in [0.1, 0.15) is 35.8 Å². The van der Waals surface area contributed by atoms with Crippen LogP contribution < -0.4 is 0 Å². The first-order valence-corrected chi connectivity index (χ1v) is 9.76. The molecule has 4 nitrogen and oxygen atoms in total. The minimum atomic E-state index is -3.14. The van der Waals surface area contributed by atoms with Gasteiger partial charge in [-0.25, -0.2) is 12.7 Å². The summed E-state index contributed by atoms with van der Waals surface area (Å²) in [6.07, 6.45) is 3.00. The summed E-state index contributed by atoms with van der Waals surface area (Å²) in [5, 5.41) is 12.9. The lowest BCUT2D eigenvalue weighted by molar-refractivity contribution is 0.125. The molecule has 0 aromatic carbocycles. The number of nitrogens with zero attached hydrogens (tertiary/aromatic N) is 1. The van der Waals surface area contributed by atoms with Crippen LogP contribution in [0.5, 0.6) is 0 Å². The molecule has 0 bridgehead atoms. The number of sulfonamides is 1. The van der Waals surface area contributed by atoms with Crippen LogP contribution in [-0.2, 0) is 10.0 Å². The molecule has 1 aromatic heterocycles. The summed E-state index contributed by atoms with van der Waals surface area (Å²) >= 11 is 7.63. The van der Waals surface area contributed by atoms with Gasteiger partial charge >= 0.3 is 0 Å². The Labute approximate surface area is 129 Å². The van der Waals surface area contributed by atoms with E-state index in [9.17, 15) is 13.5 Å². The Kier molecular flexibility index (Phi) is 5.13. The van der Waals surface area contributed by atoms with Gasteiger partial charge < -0.3 is 5.11 Å². The summed E-state index contributed by atoms with van der Waals surface area (Å²) in [5.74, 6) is 0.187. The zero-order valence-corrected chi connectivity index (χ0v) is 14.1. The molecule has 0 saturated carbocycles. The average Bonchev–Trinajstić information content (AvgIpc) is 2.69. The van der Waals surface area contributed by atoms with Crippen molar-refractivity contribution in [2.45, 2.75) is 32.3 Å². The summed E-state index contributed by atoms with van der Waals surface area (Å²) in [5.41, 5.74) is 0.979. The van der Waals surface area contributed by atoms with Gasteiger partial charge in [-0.05, 0) is 43.0 Å². The zero-order valence-electron chi connectivity index (χ0n) is 11.7. The predicted molar refractivity (Wildman–Crippen MR) is 82.8 cm³/mol. The monoisotopic (exact) mass is 337 g/mol. The van der Waals surface area contributed by atoms with Gasteiger partial charge in [0.25, 0.3) is 0 Å². The van der Waals surface area contributed by atoms with Crippen LogP contribution in [0.15, 0.2) is 5.38 Å². The highest BCUT2D eigenvalue weighted by atomic mass is 35.5. The van der Waals surface area contributed by atoms with Gasteiger partial charge in [-0.15, -0.1) is 11.3 Å². The van der Waals surface area contributed by atoms with Crippen molar-refractivity contribution in [3.63, 3.8) is 0 Å². The number of rotatable bonds is 4. The van der Waals surface area contributed by atoms with Crippen molar-refractivity contribution in [1.82, 2.24) is 4.31 Å². The topological polar surface area (TPSA) is 57.6 Å². The molecule has 0 spiro atoms. The summed E-state index contributed by atoms with van der Waals surface area (Å²) in [4.78, 5) is 0.792. The van der Waals surface area contributed by atoms with Gasteiger partial charge in [-0.2, -0.15) is 0 Å². The molecule has 2 unspecified atom stereocenters. The molecule has 1 fully saturated rings. The molecule has 0 amide bonds. The van der Waals surface area contributed by atoms with E-state index < -0.39 is 16.1 Å². The molecule has 1 aromatic rings. The fourth-order valence-electron chi connectivity index (χ4n) is 2.62. The highest BCUT2D eigenvalue weighted by molar-refractivity contribution is 7.88. The first kappa shape index (κ1) is 16.2. The van der Waals surface area contributed by atoms with Gasteiger partial charge in [0.15, 0.2) is 0 Å². The maximum atomic E-state index is 11.6. The standard InChI is InChI=1S/C13H20ClNO3S2/c1-9-8-19-13(12(9)14)11(16)6-10-4-3-5-15(7-10)20(2,17)18/h8,10-11,16H,3-7H2,1-2H3. The van der Waals surface area contributed by atoms with E-state index in [0.717, 1.165) is 23.3 Å². The minimum absolute atomic E-state index is 0.187. The summed E-state index contributed by atoms with van der Waals surface area (Å²) in [6.45, 7) is 3.00.